The molecule has 3 rings (SSSR count). The monoisotopic (exact) mass is 234 g/mol. The summed E-state index contributed by atoms with van der Waals surface area (Å²) >= 11 is 0. The number of nitrogens with zero attached hydrogens (tertiary/aromatic N) is 1. The summed E-state index contributed by atoms with van der Waals surface area (Å²) in [4.78, 5) is 0. The molecule has 92 valence electrons. The maximum absolute atomic E-state index is 5.97. The summed E-state index contributed by atoms with van der Waals surface area (Å²) in [5, 5.41) is 7.38. The highest BCUT2D eigenvalue weighted by molar-refractivity contribution is 6.61. The van der Waals surface area contributed by atoms with Crippen molar-refractivity contribution in [3.8, 4) is 0 Å². The quantitative estimate of drug-likeness (QED) is 0.790. The number of aromatic amines is 1. The van der Waals surface area contributed by atoms with Gasteiger partial charge in [0, 0.05) is 5.92 Å². The van der Waals surface area contributed by atoms with Crippen molar-refractivity contribution in [2.24, 2.45) is 0 Å². The van der Waals surface area contributed by atoms with Crippen LogP contribution < -0.4 is 5.59 Å². The van der Waals surface area contributed by atoms with Crippen LogP contribution in [0.15, 0.2) is 6.07 Å². The van der Waals surface area contributed by atoms with Crippen molar-refractivity contribution in [2.45, 2.75) is 57.7 Å². The largest absolute Gasteiger partial charge is 0.513 e. The second-order valence-corrected chi connectivity index (χ2v) is 6.11. The van der Waals surface area contributed by atoms with Crippen molar-refractivity contribution < 1.29 is 9.31 Å². The Hall–Kier alpha value is -0.805. The lowest BCUT2D eigenvalue weighted by molar-refractivity contribution is 0.00578. The van der Waals surface area contributed by atoms with Crippen LogP contribution in [0.3, 0.4) is 0 Å². The van der Waals surface area contributed by atoms with E-state index in [1.807, 2.05) is 0 Å². The van der Waals surface area contributed by atoms with Crippen LogP contribution in [0, 0.1) is 0 Å². The van der Waals surface area contributed by atoms with Crippen molar-refractivity contribution in [1.82, 2.24) is 10.2 Å². The molecule has 1 N–H and O–H groups in total. The molecule has 17 heavy (non-hydrogen) atoms. The average Bonchev–Trinajstić information content (AvgIpc) is 2.89. The maximum atomic E-state index is 5.97. The van der Waals surface area contributed by atoms with E-state index in [1.54, 1.807) is 0 Å². The lowest BCUT2D eigenvalue weighted by Crippen LogP contribution is -2.41. The summed E-state index contributed by atoms with van der Waals surface area (Å²) in [6.07, 6.45) is 2.52. The Morgan fingerprint density at radius 3 is 2.35 bits per heavy atom. The first-order chi connectivity index (χ1) is 7.89. The van der Waals surface area contributed by atoms with Gasteiger partial charge in [-0.15, -0.1) is 0 Å². The van der Waals surface area contributed by atoms with Crippen molar-refractivity contribution >= 4 is 12.7 Å². The molecule has 2 fully saturated rings. The molecule has 1 aliphatic carbocycles. The van der Waals surface area contributed by atoms with Crippen molar-refractivity contribution in [1.29, 1.82) is 0 Å². The summed E-state index contributed by atoms with van der Waals surface area (Å²) in [5.74, 6) is 0.655. The third-order valence-corrected chi connectivity index (χ3v) is 4.12. The van der Waals surface area contributed by atoms with Gasteiger partial charge in [-0.2, -0.15) is 5.10 Å². The zero-order valence-corrected chi connectivity index (χ0v) is 10.9. The lowest BCUT2D eigenvalue weighted by atomic mass is 9.85. The highest BCUT2D eigenvalue weighted by Gasteiger charge is 2.52. The van der Waals surface area contributed by atoms with Gasteiger partial charge < -0.3 is 9.31 Å². The highest BCUT2D eigenvalue weighted by atomic mass is 16.7. The van der Waals surface area contributed by atoms with Gasteiger partial charge in [0.2, 0.25) is 0 Å². The number of aromatic nitrogens is 2. The van der Waals surface area contributed by atoms with Gasteiger partial charge in [0.1, 0.15) is 0 Å². The molecule has 1 aliphatic heterocycles. The second kappa shape index (κ2) is 3.36. The van der Waals surface area contributed by atoms with E-state index in [-0.39, 0.29) is 18.3 Å². The first-order valence-corrected chi connectivity index (χ1v) is 6.30. The van der Waals surface area contributed by atoms with Gasteiger partial charge in [-0.3, -0.25) is 5.10 Å². The third kappa shape index (κ3) is 1.81. The Bertz CT molecular complexity index is 421. The number of hydrogen-bond donors (Lipinski definition) is 1. The van der Waals surface area contributed by atoms with Crippen LogP contribution in [-0.4, -0.2) is 28.5 Å². The minimum atomic E-state index is -0.319. The van der Waals surface area contributed by atoms with E-state index in [4.69, 9.17) is 9.31 Å². The van der Waals surface area contributed by atoms with Gasteiger partial charge in [-0.1, -0.05) is 0 Å². The Balaban J connectivity index is 1.81. The summed E-state index contributed by atoms with van der Waals surface area (Å²) in [5.41, 5.74) is 1.51. The molecule has 0 aromatic carbocycles. The molecule has 1 aromatic rings. The van der Waals surface area contributed by atoms with E-state index in [2.05, 4.69) is 44.0 Å². The first kappa shape index (κ1) is 11.3. The van der Waals surface area contributed by atoms with Crippen LogP contribution >= 0.6 is 0 Å². The molecule has 0 amide bonds. The summed E-state index contributed by atoms with van der Waals surface area (Å²) in [7, 11) is -0.319. The Kier molecular flexibility index (Phi) is 2.23. The highest BCUT2D eigenvalue weighted by Crippen LogP contribution is 2.39. The smallest absolute Gasteiger partial charge is 0.398 e. The van der Waals surface area contributed by atoms with Gasteiger partial charge in [0.15, 0.2) is 0 Å². The first-order valence-electron chi connectivity index (χ1n) is 6.30. The van der Waals surface area contributed by atoms with Crippen LogP contribution in [0.5, 0.6) is 0 Å². The zero-order chi connectivity index (χ0) is 12.3. The molecule has 1 saturated carbocycles. The molecule has 4 nitrogen and oxygen atoms in total. The molecule has 0 spiro atoms. The predicted octanol–water partition coefficient (Wildman–Crippen LogP) is 1.59. The molecular weight excluding hydrogens is 215 g/mol. The molecule has 1 aromatic heterocycles. The van der Waals surface area contributed by atoms with Crippen LogP contribution in [-0.2, 0) is 9.31 Å². The zero-order valence-electron chi connectivity index (χ0n) is 10.9. The fraction of sp³-hybridized carbons (Fsp3) is 0.750. The van der Waals surface area contributed by atoms with E-state index in [9.17, 15) is 0 Å². The lowest BCUT2D eigenvalue weighted by Gasteiger charge is -2.32. The average molecular weight is 234 g/mol. The minimum Gasteiger partial charge on any atom is -0.398 e. The minimum absolute atomic E-state index is 0.289. The van der Waals surface area contributed by atoms with Gasteiger partial charge in [-0.05, 0) is 46.6 Å². The van der Waals surface area contributed by atoms with E-state index in [0.717, 1.165) is 11.3 Å². The molecular formula is C12H19BN2O2. The normalized spacial score (nSPS) is 26.5. The number of hydrogen-bond acceptors (Lipinski definition) is 3. The SMILES string of the molecule is CC1(C)OB(c2cc(C3CC3)n[nH]2)OC1(C)C. The molecule has 1 saturated heterocycles. The maximum Gasteiger partial charge on any atom is 0.513 e. The van der Waals surface area contributed by atoms with Gasteiger partial charge in [-0.25, -0.2) is 0 Å². The predicted molar refractivity (Wildman–Crippen MR) is 66.3 cm³/mol. The number of nitrogens with one attached hydrogen (secondary N) is 1. The number of rotatable bonds is 2. The van der Waals surface area contributed by atoms with Crippen molar-refractivity contribution in [3.05, 3.63) is 11.8 Å². The van der Waals surface area contributed by atoms with E-state index in [1.165, 1.54) is 12.8 Å². The Morgan fingerprint density at radius 1 is 1.24 bits per heavy atom. The van der Waals surface area contributed by atoms with Crippen LogP contribution in [0.25, 0.3) is 0 Å². The third-order valence-electron chi connectivity index (χ3n) is 4.12. The molecule has 0 bridgehead atoms. The second-order valence-electron chi connectivity index (χ2n) is 6.11. The molecule has 0 radical (unpaired) electrons. The van der Waals surface area contributed by atoms with E-state index >= 15 is 0 Å². The van der Waals surface area contributed by atoms with Gasteiger partial charge in [0.05, 0.1) is 22.5 Å². The van der Waals surface area contributed by atoms with Crippen molar-refractivity contribution in [2.75, 3.05) is 0 Å². The van der Waals surface area contributed by atoms with Crippen LogP contribution in [0.4, 0.5) is 0 Å². The Labute approximate surface area is 102 Å². The van der Waals surface area contributed by atoms with Crippen LogP contribution in [0.2, 0.25) is 0 Å². The Morgan fingerprint density at radius 2 is 1.82 bits per heavy atom. The summed E-state index contributed by atoms with van der Waals surface area (Å²) in [6, 6.07) is 2.08. The number of H-pyrrole nitrogens is 1. The summed E-state index contributed by atoms with van der Waals surface area (Å²) in [6.45, 7) is 8.24. The molecule has 2 aliphatic rings. The van der Waals surface area contributed by atoms with Gasteiger partial charge in [0.25, 0.3) is 0 Å². The van der Waals surface area contributed by atoms with Crippen LogP contribution in [0.1, 0.15) is 52.1 Å². The molecule has 5 heteroatoms. The molecule has 2 heterocycles. The fourth-order valence-corrected chi connectivity index (χ4v) is 2.03. The fourth-order valence-electron chi connectivity index (χ4n) is 2.03. The molecule has 0 unspecified atom stereocenters. The standard InChI is InChI=1S/C12H19BN2O2/c1-11(2)12(3,4)17-13(16-11)10-7-9(14-15-10)8-5-6-8/h7-8H,5-6H2,1-4H3,(H,14,15). The van der Waals surface area contributed by atoms with E-state index in [0.29, 0.717) is 5.92 Å². The van der Waals surface area contributed by atoms with E-state index < -0.39 is 0 Å². The van der Waals surface area contributed by atoms with Crippen molar-refractivity contribution in [3.63, 3.8) is 0 Å². The molecule has 0 atom stereocenters. The topological polar surface area (TPSA) is 47.1 Å². The van der Waals surface area contributed by atoms with Gasteiger partial charge >= 0.3 is 7.12 Å². The summed E-state index contributed by atoms with van der Waals surface area (Å²) < 4.78 is 11.9.